The number of hydrogen-bond acceptors (Lipinski definition) is 8. The Balaban J connectivity index is 2.04. The summed E-state index contributed by atoms with van der Waals surface area (Å²) in [6.45, 7) is 3.48. The number of amides is 1. The van der Waals surface area contributed by atoms with Crippen molar-refractivity contribution in [1.82, 2.24) is 10.2 Å². The van der Waals surface area contributed by atoms with Crippen LogP contribution in [0.25, 0.3) is 0 Å². The Hall–Kier alpha value is -2.66. The molecule has 0 bridgehead atoms. The maximum absolute atomic E-state index is 13.3. The Kier molecular flexibility index (Phi) is 9.07. The zero-order chi connectivity index (χ0) is 23.7. The molecule has 0 aliphatic carbocycles. The van der Waals surface area contributed by atoms with Gasteiger partial charge >= 0.3 is 0 Å². The normalized spacial score (nSPS) is 14.2. The molecule has 0 spiro atoms. The average molecular weight is 476 g/mol. The molecule has 0 unspecified atom stereocenters. The zero-order valence-electron chi connectivity index (χ0n) is 18.7. The lowest BCUT2D eigenvalue weighted by molar-refractivity contribution is 0.0736. The van der Waals surface area contributed by atoms with Gasteiger partial charge in [-0.15, -0.1) is 0 Å². The van der Waals surface area contributed by atoms with E-state index in [0.29, 0.717) is 62.8 Å². The van der Waals surface area contributed by atoms with E-state index in [-0.39, 0.29) is 29.6 Å². The Morgan fingerprint density at radius 3 is 2.48 bits per heavy atom. The van der Waals surface area contributed by atoms with Crippen LogP contribution in [0.1, 0.15) is 22.3 Å². The molecule has 1 saturated heterocycles. The van der Waals surface area contributed by atoms with Gasteiger partial charge in [0.2, 0.25) is 0 Å². The molecular weight excluding hydrogens is 442 g/mol. The quantitative estimate of drug-likeness (QED) is 0.323. The number of nitrogens with two attached hydrogens (primary N) is 1. The molecule has 1 fully saturated rings. The van der Waals surface area contributed by atoms with Crippen molar-refractivity contribution < 1.29 is 18.3 Å². The minimum atomic E-state index is -3.74. The Bertz CT molecular complexity index is 1020. The van der Waals surface area contributed by atoms with Crippen LogP contribution in [0.4, 0.5) is 11.4 Å². The molecule has 180 valence electrons. The highest BCUT2D eigenvalue weighted by Crippen LogP contribution is 2.32. The summed E-state index contributed by atoms with van der Waals surface area (Å²) in [5, 5.41) is 18.8. The lowest BCUT2D eigenvalue weighted by Crippen LogP contribution is -2.46. The van der Waals surface area contributed by atoms with Crippen LogP contribution in [-0.2, 0) is 16.4 Å². The maximum atomic E-state index is 13.3. The van der Waals surface area contributed by atoms with E-state index >= 15 is 0 Å². The van der Waals surface area contributed by atoms with E-state index in [1.807, 2.05) is 30.3 Å². The van der Waals surface area contributed by atoms with E-state index in [0.717, 1.165) is 5.56 Å². The number of sulfone groups is 1. The number of anilines is 2. The molecule has 9 nitrogen and oxygen atoms in total. The minimum absolute atomic E-state index is 0.0589. The molecular formula is C23H33N5O4S. The second-order valence-corrected chi connectivity index (χ2v) is 9.96. The third kappa shape index (κ3) is 6.67. The molecule has 10 heteroatoms. The molecule has 1 amide bonds. The molecule has 1 aliphatic heterocycles. The highest BCUT2D eigenvalue weighted by atomic mass is 32.2. The molecule has 1 aliphatic rings. The Morgan fingerprint density at radius 2 is 1.82 bits per heavy atom. The summed E-state index contributed by atoms with van der Waals surface area (Å²) >= 11 is 0. The van der Waals surface area contributed by atoms with Crippen molar-refractivity contribution in [2.24, 2.45) is 5.73 Å². The summed E-state index contributed by atoms with van der Waals surface area (Å²) in [6.07, 6.45) is 0.120. The number of carbonyl (C=O) groups excluding carboxylic acids is 1. The topological polar surface area (TPSA) is 137 Å². The van der Waals surface area contributed by atoms with Gasteiger partial charge in [0.05, 0.1) is 21.9 Å². The van der Waals surface area contributed by atoms with Crippen LogP contribution < -0.4 is 21.7 Å². The zero-order valence-corrected chi connectivity index (χ0v) is 19.5. The summed E-state index contributed by atoms with van der Waals surface area (Å²) in [5.41, 5.74) is 7.92. The second-order valence-electron chi connectivity index (χ2n) is 7.89. The molecule has 2 aromatic carbocycles. The monoisotopic (exact) mass is 475 g/mol. The van der Waals surface area contributed by atoms with Crippen LogP contribution in [0.2, 0.25) is 0 Å². The number of piperazine rings is 1. The van der Waals surface area contributed by atoms with E-state index in [4.69, 9.17) is 5.73 Å². The summed E-state index contributed by atoms with van der Waals surface area (Å²) < 4.78 is 26.3. The van der Waals surface area contributed by atoms with Crippen molar-refractivity contribution in [3.8, 4) is 0 Å². The SMILES string of the molecule is NCCNc1cc(NCc2ccccc2)c(S(=O)(=O)CCCO)cc1C(=O)N1CCNCC1. The van der Waals surface area contributed by atoms with Crippen LogP contribution >= 0.6 is 0 Å². The van der Waals surface area contributed by atoms with Gasteiger partial charge < -0.3 is 31.7 Å². The van der Waals surface area contributed by atoms with Gasteiger partial charge in [0.25, 0.3) is 5.91 Å². The first-order chi connectivity index (χ1) is 16.0. The number of nitrogens with zero attached hydrogens (tertiary/aromatic N) is 1. The first-order valence-corrected chi connectivity index (χ1v) is 12.8. The first-order valence-electron chi connectivity index (χ1n) is 11.2. The van der Waals surface area contributed by atoms with Crippen molar-refractivity contribution >= 4 is 27.1 Å². The third-order valence-corrected chi connectivity index (χ3v) is 7.28. The lowest BCUT2D eigenvalue weighted by Gasteiger charge is -2.29. The number of carbonyl (C=O) groups is 1. The highest BCUT2D eigenvalue weighted by Gasteiger charge is 2.26. The molecule has 3 rings (SSSR count). The van der Waals surface area contributed by atoms with Crippen molar-refractivity contribution in [3.63, 3.8) is 0 Å². The van der Waals surface area contributed by atoms with Gasteiger partial charge in [0, 0.05) is 58.1 Å². The largest absolute Gasteiger partial charge is 0.396 e. The third-order valence-electron chi connectivity index (χ3n) is 5.45. The minimum Gasteiger partial charge on any atom is -0.396 e. The summed E-state index contributed by atoms with van der Waals surface area (Å²) in [7, 11) is -3.74. The van der Waals surface area contributed by atoms with Crippen molar-refractivity contribution in [1.29, 1.82) is 0 Å². The van der Waals surface area contributed by atoms with Gasteiger partial charge in [-0.05, 0) is 24.1 Å². The number of benzene rings is 2. The first kappa shape index (κ1) is 25.0. The molecule has 6 N–H and O–H groups in total. The van der Waals surface area contributed by atoms with Gasteiger partial charge in [0.1, 0.15) is 0 Å². The number of aliphatic hydroxyl groups is 1. The predicted molar refractivity (Wildman–Crippen MR) is 130 cm³/mol. The van der Waals surface area contributed by atoms with E-state index in [9.17, 15) is 18.3 Å². The van der Waals surface area contributed by atoms with Gasteiger partial charge in [0.15, 0.2) is 9.84 Å². The van der Waals surface area contributed by atoms with E-state index in [2.05, 4.69) is 16.0 Å². The van der Waals surface area contributed by atoms with Crippen molar-refractivity contribution in [2.75, 3.05) is 62.3 Å². The maximum Gasteiger partial charge on any atom is 0.256 e. The van der Waals surface area contributed by atoms with Crippen molar-refractivity contribution in [2.45, 2.75) is 17.9 Å². The standard InChI is InChI=1S/C23H33N5O4S/c24-7-8-26-20-16-21(27-17-18-5-2-1-3-6-18)22(33(31,32)14-4-13-29)15-19(20)23(30)28-11-9-25-10-12-28/h1-3,5-6,15-16,25-27,29H,4,7-14,17,24H2. The fourth-order valence-electron chi connectivity index (χ4n) is 3.70. The molecule has 0 aromatic heterocycles. The molecule has 0 atom stereocenters. The van der Waals surface area contributed by atoms with Crippen LogP contribution in [-0.4, -0.2) is 76.0 Å². The van der Waals surface area contributed by atoms with E-state index in [1.165, 1.54) is 6.07 Å². The van der Waals surface area contributed by atoms with Gasteiger partial charge in [-0.1, -0.05) is 30.3 Å². The molecule has 0 saturated carbocycles. The predicted octanol–water partition coefficient (Wildman–Crippen LogP) is 0.871. The second kappa shape index (κ2) is 12.0. The smallest absolute Gasteiger partial charge is 0.256 e. The fourth-order valence-corrected chi connectivity index (χ4v) is 5.19. The van der Waals surface area contributed by atoms with E-state index < -0.39 is 9.84 Å². The van der Waals surface area contributed by atoms with Crippen molar-refractivity contribution in [3.05, 3.63) is 53.6 Å². The van der Waals surface area contributed by atoms with Gasteiger partial charge in [-0.25, -0.2) is 8.42 Å². The van der Waals surface area contributed by atoms with Crippen LogP contribution in [0.3, 0.4) is 0 Å². The molecule has 0 radical (unpaired) electrons. The Labute approximate surface area is 195 Å². The molecule has 2 aromatic rings. The van der Waals surface area contributed by atoms with Gasteiger partial charge in [-0.3, -0.25) is 4.79 Å². The van der Waals surface area contributed by atoms with E-state index in [1.54, 1.807) is 11.0 Å². The fraction of sp³-hybridized carbons (Fsp3) is 0.435. The molecule has 33 heavy (non-hydrogen) atoms. The highest BCUT2D eigenvalue weighted by molar-refractivity contribution is 7.91. The Morgan fingerprint density at radius 1 is 1.09 bits per heavy atom. The lowest BCUT2D eigenvalue weighted by atomic mass is 10.1. The molecule has 1 heterocycles. The van der Waals surface area contributed by atoms with Crippen LogP contribution in [0, 0.1) is 0 Å². The summed E-state index contributed by atoms with van der Waals surface area (Å²) in [5.74, 6) is -0.426. The number of aliphatic hydroxyl groups excluding tert-OH is 1. The summed E-state index contributed by atoms with van der Waals surface area (Å²) in [4.78, 5) is 15.1. The number of hydrogen-bond donors (Lipinski definition) is 5. The number of nitrogens with one attached hydrogen (secondary N) is 3. The number of rotatable bonds is 11. The summed E-state index contributed by atoms with van der Waals surface area (Å²) in [6, 6.07) is 12.8. The van der Waals surface area contributed by atoms with Crippen LogP contribution in [0.15, 0.2) is 47.4 Å². The average Bonchev–Trinajstić information content (AvgIpc) is 2.85. The van der Waals surface area contributed by atoms with Crippen LogP contribution in [0.5, 0.6) is 0 Å². The van der Waals surface area contributed by atoms with Gasteiger partial charge in [-0.2, -0.15) is 0 Å².